The second kappa shape index (κ2) is 5.18. The van der Waals surface area contributed by atoms with Crippen LogP contribution in [0.3, 0.4) is 0 Å². The van der Waals surface area contributed by atoms with Crippen molar-refractivity contribution in [2.45, 2.75) is 19.9 Å². The van der Waals surface area contributed by atoms with Gasteiger partial charge in [-0.2, -0.15) is 5.10 Å². The minimum absolute atomic E-state index is 0.0865. The second-order valence-electron chi connectivity index (χ2n) is 4.33. The summed E-state index contributed by atoms with van der Waals surface area (Å²) in [5.41, 5.74) is 0.732. The summed E-state index contributed by atoms with van der Waals surface area (Å²) in [7, 11) is 0. The SMILES string of the molecule is CC(C)n1cc(NC(=O)N2CCOCC2)cn1. The van der Waals surface area contributed by atoms with E-state index in [2.05, 4.69) is 10.4 Å². The molecule has 6 nitrogen and oxygen atoms in total. The molecule has 2 rings (SSSR count). The molecule has 0 atom stereocenters. The van der Waals surface area contributed by atoms with Crippen molar-refractivity contribution in [2.24, 2.45) is 0 Å². The molecule has 1 N–H and O–H groups in total. The van der Waals surface area contributed by atoms with Crippen LogP contribution in [0.1, 0.15) is 19.9 Å². The Morgan fingerprint density at radius 3 is 2.76 bits per heavy atom. The Morgan fingerprint density at radius 1 is 1.47 bits per heavy atom. The number of urea groups is 1. The van der Waals surface area contributed by atoms with Crippen molar-refractivity contribution in [3.05, 3.63) is 12.4 Å². The maximum absolute atomic E-state index is 11.9. The molecule has 17 heavy (non-hydrogen) atoms. The molecule has 0 radical (unpaired) electrons. The lowest BCUT2D eigenvalue weighted by atomic mass is 10.4. The Morgan fingerprint density at radius 2 is 2.18 bits per heavy atom. The Hall–Kier alpha value is -1.56. The van der Waals surface area contributed by atoms with Gasteiger partial charge in [-0.05, 0) is 13.8 Å². The molecule has 1 saturated heterocycles. The van der Waals surface area contributed by atoms with Gasteiger partial charge in [0.25, 0.3) is 0 Å². The average Bonchev–Trinajstić information content (AvgIpc) is 2.79. The van der Waals surface area contributed by atoms with Crippen molar-refractivity contribution in [1.29, 1.82) is 0 Å². The van der Waals surface area contributed by atoms with Crippen molar-refractivity contribution < 1.29 is 9.53 Å². The molecular weight excluding hydrogens is 220 g/mol. The van der Waals surface area contributed by atoms with Crippen molar-refractivity contribution in [3.63, 3.8) is 0 Å². The molecule has 0 saturated carbocycles. The van der Waals surface area contributed by atoms with Crippen LogP contribution in [0.15, 0.2) is 12.4 Å². The standard InChI is InChI=1S/C11H18N4O2/c1-9(2)15-8-10(7-12-15)13-11(16)14-3-5-17-6-4-14/h7-9H,3-6H2,1-2H3,(H,13,16). The summed E-state index contributed by atoms with van der Waals surface area (Å²) in [6, 6.07) is 0.209. The molecule has 0 aliphatic carbocycles. The summed E-state index contributed by atoms with van der Waals surface area (Å²) in [5, 5.41) is 7.01. The fraction of sp³-hybridized carbons (Fsp3) is 0.636. The van der Waals surface area contributed by atoms with E-state index in [0.717, 1.165) is 5.69 Å². The lowest BCUT2D eigenvalue weighted by Crippen LogP contribution is -2.43. The van der Waals surface area contributed by atoms with Crippen molar-refractivity contribution in [1.82, 2.24) is 14.7 Å². The molecule has 1 aromatic rings. The zero-order chi connectivity index (χ0) is 12.3. The molecule has 6 heteroatoms. The number of nitrogens with zero attached hydrogens (tertiary/aromatic N) is 3. The summed E-state index contributed by atoms with van der Waals surface area (Å²) >= 11 is 0. The predicted octanol–water partition coefficient (Wildman–Crippen LogP) is 1.33. The minimum Gasteiger partial charge on any atom is -0.378 e. The van der Waals surface area contributed by atoms with E-state index in [0.29, 0.717) is 32.3 Å². The third kappa shape index (κ3) is 2.97. The number of hydrogen-bond acceptors (Lipinski definition) is 3. The van der Waals surface area contributed by atoms with Gasteiger partial charge < -0.3 is 15.0 Å². The van der Waals surface area contributed by atoms with E-state index in [1.54, 1.807) is 11.1 Å². The summed E-state index contributed by atoms with van der Waals surface area (Å²) < 4.78 is 7.01. The summed E-state index contributed by atoms with van der Waals surface area (Å²) in [4.78, 5) is 13.6. The number of carbonyl (C=O) groups is 1. The summed E-state index contributed by atoms with van der Waals surface area (Å²) in [5.74, 6) is 0. The van der Waals surface area contributed by atoms with Gasteiger partial charge in [0.05, 0.1) is 25.1 Å². The highest BCUT2D eigenvalue weighted by Crippen LogP contribution is 2.11. The third-order valence-corrected chi connectivity index (χ3v) is 2.68. The number of ether oxygens (including phenoxy) is 1. The largest absolute Gasteiger partial charge is 0.378 e. The smallest absolute Gasteiger partial charge is 0.322 e. The number of aromatic nitrogens is 2. The Bertz CT molecular complexity index is 383. The van der Waals surface area contributed by atoms with Gasteiger partial charge in [-0.3, -0.25) is 4.68 Å². The van der Waals surface area contributed by atoms with Crippen LogP contribution in [0.5, 0.6) is 0 Å². The third-order valence-electron chi connectivity index (χ3n) is 2.68. The highest BCUT2D eigenvalue weighted by molar-refractivity contribution is 5.89. The number of carbonyl (C=O) groups excluding carboxylic acids is 1. The van der Waals surface area contributed by atoms with Crippen molar-refractivity contribution in [3.8, 4) is 0 Å². The van der Waals surface area contributed by atoms with Crippen LogP contribution in [0, 0.1) is 0 Å². The molecule has 1 aromatic heterocycles. The zero-order valence-electron chi connectivity index (χ0n) is 10.2. The van der Waals surface area contributed by atoms with E-state index in [1.165, 1.54) is 0 Å². The molecule has 0 aromatic carbocycles. The van der Waals surface area contributed by atoms with Crippen molar-refractivity contribution in [2.75, 3.05) is 31.6 Å². The second-order valence-corrected chi connectivity index (χ2v) is 4.33. The van der Waals surface area contributed by atoms with Crippen LogP contribution >= 0.6 is 0 Å². The first-order chi connectivity index (χ1) is 8.16. The highest BCUT2D eigenvalue weighted by Gasteiger charge is 2.17. The highest BCUT2D eigenvalue weighted by atomic mass is 16.5. The first-order valence-electron chi connectivity index (χ1n) is 5.84. The molecule has 1 aliphatic heterocycles. The maximum atomic E-state index is 11.9. The van der Waals surface area contributed by atoms with Crippen LogP contribution in [0.2, 0.25) is 0 Å². The lowest BCUT2D eigenvalue weighted by molar-refractivity contribution is 0.0564. The van der Waals surface area contributed by atoms with E-state index in [1.807, 2.05) is 24.7 Å². The molecule has 2 amide bonds. The normalized spacial score (nSPS) is 16.3. The van der Waals surface area contributed by atoms with Crippen LogP contribution < -0.4 is 5.32 Å². The van der Waals surface area contributed by atoms with Crippen molar-refractivity contribution >= 4 is 11.7 Å². The molecule has 0 unspecified atom stereocenters. The quantitative estimate of drug-likeness (QED) is 0.845. The van der Waals surface area contributed by atoms with Crippen LogP contribution in [0.4, 0.5) is 10.5 Å². The fourth-order valence-corrected chi connectivity index (χ4v) is 1.65. The van der Waals surface area contributed by atoms with Gasteiger partial charge in [-0.25, -0.2) is 4.79 Å². The molecule has 0 bridgehead atoms. The van der Waals surface area contributed by atoms with E-state index >= 15 is 0 Å². The number of morpholine rings is 1. The van der Waals surface area contributed by atoms with Gasteiger partial charge in [0.15, 0.2) is 0 Å². The van der Waals surface area contributed by atoms with Crippen LogP contribution in [0.25, 0.3) is 0 Å². The first-order valence-corrected chi connectivity index (χ1v) is 5.84. The molecule has 1 fully saturated rings. The van der Waals surface area contributed by atoms with Crippen LogP contribution in [-0.2, 0) is 4.74 Å². The van der Waals surface area contributed by atoms with Gasteiger partial charge in [0, 0.05) is 25.3 Å². The van der Waals surface area contributed by atoms with E-state index in [4.69, 9.17) is 4.74 Å². The van der Waals surface area contributed by atoms with Gasteiger partial charge >= 0.3 is 6.03 Å². The zero-order valence-corrected chi connectivity index (χ0v) is 10.2. The number of amides is 2. The Labute approximate surface area is 101 Å². The molecule has 94 valence electrons. The van der Waals surface area contributed by atoms with E-state index in [9.17, 15) is 4.79 Å². The van der Waals surface area contributed by atoms with E-state index in [-0.39, 0.29) is 6.03 Å². The number of nitrogens with one attached hydrogen (secondary N) is 1. The van der Waals surface area contributed by atoms with Crippen LogP contribution in [-0.4, -0.2) is 47.0 Å². The summed E-state index contributed by atoms with van der Waals surface area (Å²) in [6.45, 7) is 6.59. The molecule has 2 heterocycles. The lowest BCUT2D eigenvalue weighted by Gasteiger charge is -2.26. The number of anilines is 1. The predicted molar refractivity (Wildman–Crippen MR) is 64.0 cm³/mol. The van der Waals surface area contributed by atoms with Gasteiger partial charge in [-0.15, -0.1) is 0 Å². The number of rotatable bonds is 2. The summed E-state index contributed by atoms with van der Waals surface area (Å²) in [6.07, 6.45) is 3.50. The first kappa shape index (κ1) is 11.9. The van der Waals surface area contributed by atoms with Gasteiger partial charge in [0.1, 0.15) is 0 Å². The van der Waals surface area contributed by atoms with E-state index < -0.39 is 0 Å². The average molecular weight is 238 g/mol. The topological polar surface area (TPSA) is 59.4 Å². The Balaban J connectivity index is 1.92. The minimum atomic E-state index is -0.0865. The fourth-order valence-electron chi connectivity index (χ4n) is 1.65. The maximum Gasteiger partial charge on any atom is 0.322 e. The molecular formula is C11H18N4O2. The van der Waals surface area contributed by atoms with Gasteiger partial charge in [-0.1, -0.05) is 0 Å². The Kier molecular flexibility index (Phi) is 3.63. The number of hydrogen-bond donors (Lipinski definition) is 1. The molecule has 1 aliphatic rings. The van der Waals surface area contributed by atoms with Gasteiger partial charge in [0.2, 0.25) is 0 Å². The monoisotopic (exact) mass is 238 g/mol. The molecule has 0 spiro atoms.